The molecule has 0 spiro atoms. The highest BCUT2D eigenvalue weighted by atomic mass is 32.1. The number of hydrogen-bond acceptors (Lipinski definition) is 6. The first-order valence-corrected chi connectivity index (χ1v) is 9.42. The second kappa shape index (κ2) is 6.91. The van der Waals surface area contributed by atoms with Crippen LogP contribution >= 0.6 is 11.3 Å². The van der Waals surface area contributed by atoms with Crippen LogP contribution in [-0.4, -0.2) is 43.8 Å². The molecule has 1 N–H and O–H groups in total. The van der Waals surface area contributed by atoms with E-state index in [4.69, 9.17) is 4.52 Å². The average Bonchev–Trinajstić information content (AvgIpc) is 3.37. The van der Waals surface area contributed by atoms with Crippen LogP contribution in [0, 0.1) is 12.8 Å². The maximum absolute atomic E-state index is 12.4. The summed E-state index contributed by atoms with van der Waals surface area (Å²) in [6.07, 6.45) is 2.45. The largest absolute Gasteiger partial charge is 0.361 e. The van der Waals surface area contributed by atoms with E-state index in [2.05, 4.69) is 15.4 Å². The van der Waals surface area contributed by atoms with Crippen molar-refractivity contribution in [3.63, 3.8) is 0 Å². The van der Waals surface area contributed by atoms with Crippen LogP contribution in [0.3, 0.4) is 0 Å². The van der Waals surface area contributed by atoms with Gasteiger partial charge in [-0.15, -0.1) is 11.3 Å². The summed E-state index contributed by atoms with van der Waals surface area (Å²) in [5.41, 5.74) is 0.149. The van der Waals surface area contributed by atoms with Crippen LogP contribution in [0.25, 0.3) is 5.00 Å². The van der Waals surface area contributed by atoms with Crippen LogP contribution in [0.1, 0.15) is 34.9 Å². The number of H-pyrrole nitrogens is 1. The molecule has 26 heavy (non-hydrogen) atoms. The summed E-state index contributed by atoms with van der Waals surface area (Å²) >= 11 is 1.51. The maximum Gasteiger partial charge on any atom is 0.348 e. The Labute approximate surface area is 153 Å². The first kappa shape index (κ1) is 16.8. The molecule has 136 valence electrons. The normalized spacial score (nSPS) is 15.5. The first-order chi connectivity index (χ1) is 12.6. The molecule has 4 heterocycles. The number of likely N-dealkylation sites (tertiary alicyclic amines) is 1. The molecule has 1 fully saturated rings. The SMILES string of the molecule is Cc1cc(C(=O)N2CCC(Cc3n[nH]c(=O)n3-c3cccs3)CC2)no1. The fourth-order valence-electron chi connectivity index (χ4n) is 3.32. The fraction of sp³-hybridized carbons (Fsp3) is 0.412. The maximum atomic E-state index is 12.4. The molecule has 4 rings (SSSR count). The lowest BCUT2D eigenvalue weighted by molar-refractivity contribution is 0.0679. The number of hydrogen-bond donors (Lipinski definition) is 1. The third-order valence-corrected chi connectivity index (χ3v) is 5.54. The van der Waals surface area contributed by atoms with E-state index in [-0.39, 0.29) is 11.6 Å². The van der Waals surface area contributed by atoms with Gasteiger partial charge in [-0.25, -0.2) is 14.5 Å². The highest BCUT2D eigenvalue weighted by molar-refractivity contribution is 7.12. The number of carbonyl (C=O) groups excluding carboxylic acids is 1. The van der Waals surface area contributed by atoms with Crippen LogP contribution in [0.5, 0.6) is 0 Å². The number of carbonyl (C=O) groups is 1. The van der Waals surface area contributed by atoms with Gasteiger partial charge < -0.3 is 9.42 Å². The number of nitrogens with one attached hydrogen (secondary N) is 1. The molecule has 1 saturated heterocycles. The number of nitrogens with zero attached hydrogens (tertiary/aromatic N) is 4. The summed E-state index contributed by atoms with van der Waals surface area (Å²) < 4.78 is 6.63. The Kier molecular flexibility index (Phi) is 4.46. The number of rotatable bonds is 4. The standard InChI is InChI=1S/C17H19N5O3S/c1-11-9-13(20-25-11)16(23)21-6-4-12(5-7-21)10-14-18-19-17(24)22(14)15-3-2-8-26-15/h2-3,8-9,12H,4-7,10H2,1H3,(H,19,24). The van der Waals surface area contributed by atoms with Gasteiger partial charge in [0.05, 0.1) is 0 Å². The third kappa shape index (κ3) is 3.22. The van der Waals surface area contributed by atoms with Gasteiger partial charge in [-0.05, 0) is 43.2 Å². The van der Waals surface area contributed by atoms with Gasteiger partial charge in [0.25, 0.3) is 5.91 Å². The quantitative estimate of drug-likeness (QED) is 0.754. The second-order valence-electron chi connectivity index (χ2n) is 6.49. The van der Waals surface area contributed by atoms with Crippen molar-refractivity contribution in [3.8, 4) is 5.00 Å². The van der Waals surface area contributed by atoms with E-state index in [1.54, 1.807) is 17.6 Å². The third-order valence-electron chi connectivity index (χ3n) is 4.69. The Bertz CT molecular complexity index is 947. The number of aryl methyl sites for hydroxylation is 1. The fourth-order valence-corrected chi connectivity index (χ4v) is 4.07. The van der Waals surface area contributed by atoms with Crippen molar-refractivity contribution in [2.75, 3.05) is 13.1 Å². The zero-order chi connectivity index (χ0) is 18.1. The smallest absolute Gasteiger partial charge is 0.348 e. The number of aromatic amines is 1. The van der Waals surface area contributed by atoms with E-state index in [0.717, 1.165) is 23.7 Å². The molecule has 0 aromatic carbocycles. The first-order valence-electron chi connectivity index (χ1n) is 8.54. The zero-order valence-corrected chi connectivity index (χ0v) is 15.2. The van der Waals surface area contributed by atoms with Gasteiger partial charge >= 0.3 is 5.69 Å². The number of amides is 1. The molecule has 3 aromatic heterocycles. The Balaban J connectivity index is 1.41. The van der Waals surface area contributed by atoms with Crippen molar-refractivity contribution in [1.29, 1.82) is 0 Å². The Hall–Kier alpha value is -2.68. The highest BCUT2D eigenvalue weighted by Gasteiger charge is 2.27. The summed E-state index contributed by atoms with van der Waals surface area (Å²) in [7, 11) is 0. The van der Waals surface area contributed by atoms with Crippen molar-refractivity contribution in [1.82, 2.24) is 24.8 Å². The van der Waals surface area contributed by atoms with Crippen LogP contribution in [-0.2, 0) is 6.42 Å². The van der Waals surface area contributed by atoms with Crippen molar-refractivity contribution in [2.45, 2.75) is 26.2 Å². The van der Waals surface area contributed by atoms with Crippen LogP contribution in [0.4, 0.5) is 0 Å². The molecule has 1 amide bonds. The molecule has 0 radical (unpaired) electrons. The van der Waals surface area contributed by atoms with E-state index < -0.39 is 0 Å². The van der Waals surface area contributed by atoms with Crippen LogP contribution < -0.4 is 5.69 Å². The van der Waals surface area contributed by atoms with Crippen molar-refractivity contribution >= 4 is 17.2 Å². The minimum atomic E-state index is -0.212. The molecule has 0 aliphatic carbocycles. The molecule has 1 aliphatic rings. The van der Waals surface area contributed by atoms with E-state index in [1.165, 1.54) is 11.3 Å². The predicted molar refractivity (Wildman–Crippen MR) is 95.6 cm³/mol. The van der Waals surface area contributed by atoms with E-state index in [1.807, 2.05) is 22.4 Å². The molecule has 0 saturated carbocycles. The Morgan fingerprint density at radius 1 is 1.42 bits per heavy atom. The van der Waals surface area contributed by atoms with Gasteiger partial charge in [-0.3, -0.25) is 4.79 Å². The molecule has 8 nitrogen and oxygen atoms in total. The van der Waals surface area contributed by atoms with Crippen LogP contribution in [0.15, 0.2) is 32.9 Å². The van der Waals surface area contributed by atoms with E-state index in [9.17, 15) is 9.59 Å². The summed E-state index contributed by atoms with van der Waals surface area (Å²) in [6, 6.07) is 5.49. The zero-order valence-electron chi connectivity index (χ0n) is 14.3. The van der Waals surface area contributed by atoms with E-state index in [0.29, 0.717) is 36.9 Å². The van der Waals surface area contributed by atoms with Gasteiger partial charge in [-0.1, -0.05) is 5.16 Å². The second-order valence-corrected chi connectivity index (χ2v) is 7.42. The molecule has 0 atom stereocenters. The minimum Gasteiger partial charge on any atom is -0.361 e. The monoisotopic (exact) mass is 373 g/mol. The average molecular weight is 373 g/mol. The molecule has 0 bridgehead atoms. The lowest BCUT2D eigenvalue weighted by atomic mass is 9.93. The van der Waals surface area contributed by atoms with Crippen LogP contribution in [0.2, 0.25) is 0 Å². The summed E-state index contributed by atoms with van der Waals surface area (Å²) in [6.45, 7) is 3.11. The molecule has 1 aliphatic heterocycles. The lowest BCUT2D eigenvalue weighted by Gasteiger charge is -2.31. The Morgan fingerprint density at radius 3 is 2.88 bits per heavy atom. The van der Waals surface area contributed by atoms with Gasteiger partial charge in [0.1, 0.15) is 16.6 Å². The van der Waals surface area contributed by atoms with Crippen molar-refractivity contribution in [2.24, 2.45) is 5.92 Å². The van der Waals surface area contributed by atoms with Crippen molar-refractivity contribution in [3.05, 3.63) is 51.3 Å². The number of piperidine rings is 1. The number of thiophene rings is 1. The van der Waals surface area contributed by atoms with Gasteiger partial charge in [0.2, 0.25) is 0 Å². The molecule has 9 heteroatoms. The predicted octanol–water partition coefficient (Wildman–Crippen LogP) is 2.01. The molecule has 0 unspecified atom stereocenters. The molecule has 3 aromatic rings. The van der Waals surface area contributed by atoms with E-state index >= 15 is 0 Å². The minimum absolute atomic E-state index is 0.0874. The van der Waals surface area contributed by atoms with Crippen molar-refractivity contribution < 1.29 is 9.32 Å². The topological polar surface area (TPSA) is 97.0 Å². The van der Waals surface area contributed by atoms with Gasteiger partial charge in [-0.2, -0.15) is 5.10 Å². The summed E-state index contributed by atoms with van der Waals surface area (Å²) in [4.78, 5) is 26.3. The van der Waals surface area contributed by atoms with Gasteiger partial charge in [0, 0.05) is 25.6 Å². The molecular weight excluding hydrogens is 354 g/mol. The Morgan fingerprint density at radius 2 is 2.23 bits per heavy atom. The molecular formula is C17H19N5O3S. The van der Waals surface area contributed by atoms with Gasteiger partial charge in [0.15, 0.2) is 5.69 Å². The highest BCUT2D eigenvalue weighted by Crippen LogP contribution is 2.23. The lowest BCUT2D eigenvalue weighted by Crippen LogP contribution is -2.39. The summed E-state index contributed by atoms with van der Waals surface area (Å²) in [5.74, 6) is 1.67. The number of aromatic nitrogens is 4. The summed E-state index contributed by atoms with van der Waals surface area (Å²) in [5, 5.41) is 13.4.